The van der Waals surface area contributed by atoms with Crippen LogP contribution in [0.4, 0.5) is 0 Å². The molecule has 2 aromatic heterocycles. The second-order valence-electron chi connectivity index (χ2n) is 8.95. The zero-order chi connectivity index (χ0) is 20.0. The van der Waals surface area contributed by atoms with Gasteiger partial charge in [0.05, 0.1) is 5.69 Å². The predicted octanol–water partition coefficient (Wildman–Crippen LogP) is 3.72. The van der Waals surface area contributed by atoms with E-state index >= 15 is 0 Å². The summed E-state index contributed by atoms with van der Waals surface area (Å²) in [5.41, 5.74) is 4.25. The van der Waals surface area contributed by atoms with Crippen molar-refractivity contribution >= 4 is 12.0 Å². The maximum absolute atomic E-state index is 12.6. The van der Waals surface area contributed by atoms with Crippen LogP contribution in [0.15, 0.2) is 28.9 Å². The molecule has 1 saturated carbocycles. The van der Waals surface area contributed by atoms with Gasteiger partial charge in [0.1, 0.15) is 5.76 Å². The Morgan fingerprint density at radius 3 is 3.00 bits per heavy atom. The number of carbonyl (C=O) groups is 1. The van der Waals surface area contributed by atoms with Gasteiger partial charge in [0, 0.05) is 43.9 Å². The first-order valence-electron chi connectivity index (χ1n) is 10.7. The molecule has 3 aliphatic rings. The molecule has 1 amide bonds. The molecule has 3 heterocycles. The lowest BCUT2D eigenvalue weighted by Crippen LogP contribution is -2.40. The fraction of sp³-hybridized carbons (Fsp3) is 0.522. The molecule has 1 unspecified atom stereocenters. The number of nitrogens with zero attached hydrogens (tertiary/aromatic N) is 3. The number of aromatic nitrogens is 2. The highest BCUT2D eigenvalue weighted by molar-refractivity contribution is 5.92. The zero-order valence-corrected chi connectivity index (χ0v) is 17.1. The van der Waals surface area contributed by atoms with Gasteiger partial charge in [-0.1, -0.05) is 25.1 Å². The van der Waals surface area contributed by atoms with E-state index in [1.54, 1.807) is 0 Å². The van der Waals surface area contributed by atoms with Gasteiger partial charge in [0.2, 0.25) is 0 Å². The van der Waals surface area contributed by atoms with Crippen LogP contribution in [0, 0.1) is 5.92 Å². The van der Waals surface area contributed by atoms with E-state index in [0.29, 0.717) is 23.4 Å². The molecule has 2 aromatic rings. The predicted molar refractivity (Wildman–Crippen MR) is 110 cm³/mol. The summed E-state index contributed by atoms with van der Waals surface area (Å²) in [6.07, 6.45) is 9.61. The number of nitrogens with one attached hydrogen (secondary N) is 1. The molecule has 0 radical (unpaired) electrons. The number of likely N-dealkylation sites (tertiary alicyclic amines) is 1. The fourth-order valence-electron chi connectivity index (χ4n) is 4.70. The lowest BCUT2D eigenvalue weighted by atomic mass is 9.88. The second kappa shape index (κ2) is 7.41. The van der Waals surface area contributed by atoms with Crippen LogP contribution >= 0.6 is 0 Å². The maximum Gasteiger partial charge on any atom is 0.273 e. The van der Waals surface area contributed by atoms with E-state index in [-0.39, 0.29) is 11.9 Å². The van der Waals surface area contributed by atoms with E-state index in [2.05, 4.69) is 52.4 Å². The Balaban J connectivity index is 1.24. The van der Waals surface area contributed by atoms with E-state index in [4.69, 9.17) is 4.52 Å². The van der Waals surface area contributed by atoms with E-state index in [1.165, 1.54) is 11.1 Å². The summed E-state index contributed by atoms with van der Waals surface area (Å²) in [5.74, 6) is 2.08. The number of hydrogen-bond acceptors (Lipinski definition) is 5. The molecule has 152 valence electrons. The first-order chi connectivity index (χ1) is 14.1. The molecule has 3 atom stereocenters. The molecule has 0 spiro atoms. The quantitative estimate of drug-likeness (QED) is 0.840. The minimum atomic E-state index is -0.126. The lowest BCUT2D eigenvalue weighted by molar-refractivity contribution is 0.0922. The summed E-state index contributed by atoms with van der Waals surface area (Å²) >= 11 is 0. The first kappa shape index (κ1) is 18.6. The standard InChI is InChI=1S/C23H28N4O2/c1-14-4-3-5-18-22(14)17(8-9-24-18)12-27-11-15(2)20(13-27)25-23(28)19-10-21(29-26-19)16-6-7-16/h3,5,8-10,14-16,20H,4,6-7,11-13H2,1-2H3,(H,25,28)/t14?,15-,20-/m1/s1. The Bertz CT molecular complexity index is 946. The van der Waals surface area contributed by atoms with Gasteiger partial charge in [-0.05, 0) is 54.4 Å². The SMILES string of the molecule is CC1CC=Cc2nccc(CN3C[C@@H](C)[C@H](NC(=O)c4cc(C5CC5)on4)C3)c21. The molecule has 0 bridgehead atoms. The molecule has 6 nitrogen and oxygen atoms in total. The molecular formula is C23H28N4O2. The highest BCUT2D eigenvalue weighted by atomic mass is 16.5. The largest absolute Gasteiger partial charge is 0.360 e. The summed E-state index contributed by atoms with van der Waals surface area (Å²) in [4.78, 5) is 19.6. The van der Waals surface area contributed by atoms with Crippen molar-refractivity contribution in [3.8, 4) is 0 Å². The number of hydrogen-bond donors (Lipinski definition) is 1. The van der Waals surface area contributed by atoms with Crippen LogP contribution in [-0.4, -0.2) is 40.1 Å². The van der Waals surface area contributed by atoms with Crippen molar-refractivity contribution in [2.24, 2.45) is 5.92 Å². The molecular weight excluding hydrogens is 364 g/mol. The third-order valence-corrected chi connectivity index (χ3v) is 6.51. The van der Waals surface area contributed by atoms with Crippen molar-refractivity contribution in [2.75, 3.05) is 13.1 Å². The van der Waals surface area contributed by atoms with Crippen LogP contribution < -0.4 is 5.32 Å². The lowest BCUT2D eigenvalue weighted by Gasteiger charge is -2.24. The molecule has 6 heteroatoms. The van der Waals surface area contributed by atoms with Crippen molar-refractivity contribution < 1.29 is 9.32 Å². The Morgan fingerprint density at radius 2 is 2.17 bits per heavy atom. The monoisotopic (exact) mass is 392 g/mol. The van der Waals surface area contributed by atoms with Crippen LogP contribution in [-0.2, 0) is 6.54 Å². The summed E-state index contributed by atoms with van der Waals surface area (Å²) in [5, 5.41) is 7.15. The molecule has 1 aliphatic heterocycles. The minimum absolute atomic E-state index is 0.124. The molecule has 2 fully saturated rings. The summed E-state index contributed by atoms with van der Waals surface area (Å²) in [6, 6.07) is 4.08. The van der Waals surface area contributed by atoms with Gasteiger partial charge in [0.15, 0.2) is 5.69 Å². The third kappa shape index (κ3) is 3.73. The molecule has 1 N–H and O–H groups in total. The maximum atomic E-state index is 12.6. The van der Waals surface area contributed by atoms with Crippen LogP contribution in [0.5, 0.6) is 0 Å². The zero-order valence-electron chi connectivity index (χ0n) is 17.1. The van der Waals surface area contributed by atoms with Crippen molar-refractivity contribution in [3.63, 3.8) is 0 Å². The molecule has 29 heavy (non-hydrogen) atoms. The average Bonchev–Trinajstić information content (AvgIpc) is 3.33. The van der Waals surface area contributed by atoms with Gasteiger partial charge in [-0.25, -0.2) is 0 Å². The number of amides is 1. The van der Waals surface area contributed by atoms with Crippen LogP contribution in [0.3, 0.4) is 0 Å². The Morgan fingerprint density at radius 1 is 1.31 bits per heavy atom. The van der Waals surface area contributed by atoms with Crippen LogP contribution in [0.2, 0.25) is 0 Å². The van der Waals surface area contributed by atoms with Crippen molar-refractivity contribution in [1.29, 1.82) is 0 Å². The number of pyridine rings is 1. The van der Waals surface area contributed by atoms with Crippen molar-refractivity contribution in [1.82, 2.24) is 20.4 Å². The van der Waals surface area contributed by atoms with Gasteiger partial charge in [-0.15, -0.1) is 0 Å². The Kier molecular flexibility index (Phi) is 4.74. The van der Waals surface area contributed by atoms with Gasteiger partial charge >= 0.3 is 0 Å². The number of fused-ring (bicyclic) bond motifs is 1. The molecule has 2 aliphatic carbocycles. The first-order valence-corrected chi connectivity index (χ1v) is 10.7. The Hall–Kier alpha value is -2.47. The van der Waals surface area contributed by atoms with Crippen molar-refractivity contribution in [3.05, 3.63) is 52.7 Å². The highest BCUT2D eigenvalue weighted by Gasteiger charge is 2.33. The number of carbonyl (C=O) groups excluding carboxylic acids is 1. The third-order valence-electron chi connectivity index (χ3n) is 6.51. The summed E-state index contributed by atoms with van der Waals surface area (Å²) in [6.45, 7) is 7.20. The summed E-state index contributed by atoms with van der Waals surface area (Å²) < 4.78 is 5.33. The topological polar surface area (TPSA) is 71.3 Å². The molecule has 5 rings (SSSR count). The average molecular weight is 393 g/mol. The van der Waals surface area contributed by atoms with Gasteiger partial charge in [-0.2, -0.15) is 0 Å². The van der Waals surface area contributed by atoms with Crippen molar-refractivity contribution in [2.45, 2.75) is 57.5 Å². The highest BCUT2D eigenvalue weighted by Crippen LogP contribution is 2.40. The van der Waals surface area contributed by atoms with E-state index in [0.717, 1.165) is 50.4 Å². The minimum Gasteiger partial charge on any atom is -0.360 e. The Labute approximate surface area is 171 Å². The van der Waals surface area contributed by atoms with E-state index in [1.807, 2.05) is 12.3 Å². The molecule has 1 saturated heterocycles. The van der Waals surface area contributed by atoms with E-state index < -0.39 is 0 Å². The normalized spacial score (nSPS) is 26.5. The number of allylic oxidation sites excluding steroid dienone is 1. The number of rotatable bonds is 5. The van der Waals surface area contributed by atoms with Crippen LogP contribution in [0.25, 0.3) is 6.08 Å². The van der Waals surface area contributed by atoms with Gasteiger partial charge in [0.25, 0.3) is 5.91 Å². The van der Waals surface area contributed by atoms with E-state index in [9.17, 15) is 4.79 Å². The smallest absolute Gasteiger partial charge is 0.273 e. The van der Waals surface area contributed by atoms with Crippen LogP contribution in [0.1, 0.15) is 78.0 Å². The second-order valence-corrected chi connectivity index (χ2v) is 8.95. The van der Waals surface area contributed by atoms with Gasteiger partial charge in [-0.3, -0.25) is 14.7 Å². The fourth-order valence-corrected chi connectivity index (χ4v) is 4.70. The van der Waals surface area contributed by atoms with Gasteiger partial charge < -0.3 is 9.84 Å². The molecule has 0 aromatic carbocycles. The summed E-state index contributed by atoms with van der Waals surface area (Å²) in [7, 11) is 0.